The maximum Gasteiger partial charge on any atom is 0.409 e. The van der Waals surface area contributed by atoms with E-state index in [1.807, 2.05) is 0 Å². The first kappa shape index (κ1) is 14.4. The molecule has 1 aliphatic rings. The van der Waals surface area contributed by atoms with Crippen molar-refractivity contribution >= 4 is 12.1 Å². The summed E-state index contributed by atoms with van der Waals surface area (Å²) in [5, 5.41) is 8.82. The largest absolute Gasteiger partial charge is 0.478 e. The van der Waals surface area contributed by atoms with Gasteiger partial charge in [0.1, 0.15) is 12.0 Å². The number of hydrogen-bond acceptors (Lipinski definition) is 5. The van der Waals surface area contributed by atoms with Crippen molar-refractivity contribution in [1.29, 1.82) is 0 Å². The van der Waals surface area contributed by atoms with Crippen molar-refractivity contribution in [3.05, 3.63) is 23.7 Å². The summed E-state index contributed by atoms with van der Waals surface area (Å²) in [6.07, 6.45) is 0.963. The molecule has 0 radical (unpaired) electrons. The first-order valence-corrected chi connectivity index (χ1v) is 6.55. The van der Waals surface area contributed by atoms with Crippen LogP contribution in [0, 0.1) is 0 Å². The number of carbonyl (C=O) groups excluding carboxylic acids is 1. The lowest BCUT2D eigenvalue weighted by Crippen LogP contribution is -2.48. The van der Waals surface area contributed by atoms with Crippen LogP contribution in [0.2, 0.25) is 0 Å². The molecule has 0 bridgehead atoms. The summed E-state index contributed by atoms with van der Waals surface area (Å²) in [6, 6.07) is 1.53. The molecule has 7 nitrogen and oxygen atoms in total. The maximum atomic E-state index is 11.5. The number of carboxylic acid groups (broad SMARTS) is 1. The SMILES string of the molecule is CCOC(=O)N1CCN(Cc2cc(C(=O)O)co2)CC1. The van der Waals surface area contributed by atoms with E-state index in [2.05, 4.69) is 4.90 Å². The molecule has 1 amide bonds. The van der Waals surface area contributed by atoms with Crippen LogP contribution >= 0.6 is 0 Å². The van der Waals surface area contributed by atoms with Crippen LogP contribution in [0.1, 0.15) is 23.0 Å². The Morgan fingerprint density at radius 1 is 1.35 bits per heavy atom. The van der Waals surface area contributed by atoms with Crippen molar-refractivity contribution in [2.75, 3.05) is 32.8 Å². The fraction of sp³-hybridized carbons (Fsp3) is 0.538. The van der Waals surface area contributed by atoms with Gasteiger partial charge in [-0.1, -0.05) is 0 Å². The van der Waals surface area contributed by atoms with Gasteiger partial charge < -0.3 is 19.2 Å². The molecular weight excluding hydrogens is 264 g/mol. The molecule has 0 unspecified atom stereocenters. The number of rotatable bonds is 4. The number of hydrogen-bond donors (Lipinski definition) is 1. The Morgan fingerprint density at radius 3 is 2.60 bits per heavy atom. The zero-order chi connectivity index (χ0) is 14.5. The normalized spacial score (nSPS) is 16.1. The van der Waals surface area contributed by atoms with E-state index in [0.717, 1.165) is 0 Å². The summed E-state index contributed by atoms with van der Waals surface area (Å²) < 4.78 is 10.2. The summed E-state index contributed by atoms with van der Waals surface area (Å²) in [5.74, 6) is -0.376. The molecule has 0 spiro atoms. The van der Waals surface area contributed by atoms with Gasteiger partial charge in [0, 0.05) is 26.2 Å². The van der Waals surface area contributed by atoms with Crippen LogP contribution in [0.25, 0.3) is 0 Å². The predicted octanol–water partition coefficient (Wildman–Crippen LogP) is 1.25. The average molecular weight is 282 g/mol. The highest BCUT2D eigenvalue weighted by atomic mass is 16.6. The maximum absolute atomic E-state index is 11.5. The Bertz CT molecular complexity index is 477. The molecule has 2 heterocycles. The molecule has 20 heavy (non-hydrogen) atoms. The zero-order valence-corrected chi connectivity index (χ0v) is 11.4. The number of nitrogens with zero attached hydrogens (tertiary/aromatic N) is 2. The monoisotopic (exact) mass is 282 g/mol. The van der Waals surface area contributed by atoms with Crippen molar-refractivity contribution in [2.24, 2.45) is 0 Å². The number of carbonyl (C=O) groups is 2. The minimum atomic E-state index is -0.993. The van der Waals surface area contributed by atoms with E-state index in [0.29, 0.717) is 45.1 Å². The first-order chi connectivity index (χ1) is 9.60. The van der Waals surface area contributed by atoms with Gasteiger partial charge in [0.15, 0.2) is 0 Å². The number of amides is 1. The number of piperazine rings is 1. The molecule has 0 atom stereocenters. The minimum absolute atomic E-state index is 0.158. The number of furan rings is 1. The smallest absolute Gasteiger partial charge is 0.409 e. The molecule has 1 saturated heterocycles. The van der Waals surface area contributed by atoms with Gasteiger partial charge in [-0.2, -0.15) is 0 Å². The first-order valence-electron chi connectivity index (χ1n) is 6.55. The van der Waals surface area contributed by atoms with E-state index >= 15 is 0 Å². The van der Waals surface area contributed by atoms with Gasteiger partial charge in [0.2, 0.25) is 0 Å². The van der Waals surface area contributed by atoms with E-state index in [9.17, 15) is 9.59 Å². The van der Waals surface area contributed by atoms with Gasteiger partial charge in [-0.25, -0.2) is 9.59 Å². The number of aromatic carboxylic acids is 1. The zero-order valence-electron chi connectivity index (χ0n) is 11.4. The molecule has 0 aliphatic carbocycles. The molecule has 1 aromatic rings. The van der Waals surface area contributed by atoms with Gasteiger partial charge in [0.25, 0.3) is 0 Å². The summed E-state index contributed by atoms with van der Waals surface area (Å²) >= 11 is 0. The Kier molecular flexibility index (Phi) is 4.62. The molecule has 2 rings (SSSR count). The predicted molar refractivity (Wildman–Crippen MR) is 69.5 cm³/mol. The van der Waals surface area contributed by atoms with E-state index < -0.39 is 5.97 Å². The van der Waals surface area contributed by atoms with Gasteiger partial charge in [-0.05, 0) is 13.0 Å². The van der Waals surface area contributed by atoms with Gasteiger partial charge in [-0.15, -0.1) is 0 Å². The molecular formula is C13H18N2O5. The van der Waals surface area contributed by atoms with Crippen molar-refractivity contribution < 1.29 is 23.8 Å². The molecule has 1 N–H and O–H groups in total. The summed E-state index contributed by atoms with van der Waals surface area (Å²) in [6.45, 7) is 5.33. The van der Waals surface area contributed by atoms with E-state index in [1.54, 1.807) is 11.8 Å². The Balaban J connectivity index is 1.82. The summed E-state index contributed by atoms with van der Waals surface area (Å²) in [5.41, 5.74) is 0.158. The molecule has 110 valence electrons. The molecule has 0 saturated carbocycles. The van der Waals surface area contributed by atoms with Crippen LogP contribution in [0.3, 0.4) is 0 Å². The standard InChI is InChI=1S/C13H18N2O5/c1-2-19-13(18)15-5-3-14(4-6-15)8-11-7-10(9-20-11)12(16)17/h7,9H,2-6,8H2,1H3,(H,16,17). The van der Waals surface area contributed by atoms with Crippen LogP contribution in [0.5, 0.6) is 0 Å². The highest BCUT2D eigenvalue weighted by molar-refractivity contribution is 5.87. The Hall–Kier alpha value is -2.02. The van der Waals surface area contributed by atoms with Crippen molar-refractivity contribution in [3.8, 4) is 0 Å². The molecule has 1 aromatic heterocycles. The van der Waals surface area contributed by atoms with E-state index in [4.69, 9.17) is 14.3 Å². The van der Waals surface area contributed by atoms with Gasteiger partial charge >= 0.3 is 12.1 Å². The second kappa shape index (κ2) is 6.42. The van der Waals surface area contributed by atoms with Crippen molar-refractivity contribution in [2.45, 2.75) is 13.5 Å². The van der Waals surface area contributed by atoms with Crippen molar-refractivity contribution in [3.63, 3.8) is 0 Å². The van der Waals surface area contributed by atoms with Crippen LogP contribution in [0.15, 0.2) is 16.7 Å². The quantitative estimate of drug-likeness (QED) is 0.895. The fourth-order valence-electron chi connectivity index (χ4n) is 2.10. The van der Waals surface area contributed by atoms with Gasteiger partial charge in [0.05, 0.1) is 18.7 Å². The topological polar surface area (TPSA) is 83.2 Å². The summed E-state index contributed by atoms with van der Waals surface area (Å²) in [4.78, 5) is 26.1. The minimum Gasteiger partial charge on any atom is -0.478 e. The third kappa shape index (κ3) is 3.51. The van der Waals surface area contributed by atoms with Crippen LogP contribution in [-0.2, 0) is 11.3 Å². The highest BCUT2D eigenvalue weighted by Gasteiger charge is 2.22. The lowest BCUT2D eigenvalue weighted by Gasteiger charge is -2.33. The third-order valence-corrected chi connectivity index (χ3v) is 3.18. The second-order valence-corrected chi connectivity index (χ2v) is 4.57. The highest BCUT2D eigenvalue weighted by Crippen LogP contribution is 2.13. The number of carboxylic acids is 1. The average Bonchev–Trinajstić information content (AvgIpc) is 2.88. The molecule has 1 fully saturated rings. The van der Waals surface area contributed by atoms with Crippen LogP contribution in [0.4, 0.5) is 4.79 Å². The number of ether oxygens (including phenoxy) is 1. The third-order valence-electron chi connectivity index (χ3n) is 3.18. The Labute approximate surface area is 116 Å². The lowest BCUT2D eigenvalue weighted by atomic mass is 10.2. The van der Waals surface area contributed by atoms with Crippen LogP contribution in [-0.4, -0.2) is 59.8 Å². The fourth-order valence-corrected chi connectivity index (χ4v) is 2.10. The van der Waals surface area contributed by atoms with E-state index in [-0.39, 0.29) is 11.7 Å². The van der Waals surface area contributed by atoms with Gasteiger partial charge in [-0.3, -0.25) is 4.90 Å². The molecule has 1 aliphatic heterocycles. The summed E-state index contributed by atoms with van der Waals surface area (Å²) in [7, 11) is 0. The Morgan fingerprint density at radius 2 is 2.05 bits per heavy atom. The lowest BCUT2D eigenvalue weighted by molar-refractivity contribution is 0.0695. The van der Waals surface area contributed by atoms with Crippen molar-refractivity contribution in [1.82, 2.24) is 9.80 Å². The molecule has 0 aromatic carbocycles. The molecule has 7 heteroatoms. The second-order valence-electron chi connectivity index (χ2n) is 4.57. The van der Waals surface area contributed by atoms with E-state index in [1.165, 1.54) is 12.3 Å². The van der Waals surface area contributed by atoms with Crippen LogP contribution < -0.4 is 0 Å².